The smallest absolute Gasteiger partial charge is 0.229 e. The zero-order chi connectivity index (χ0) is 19.1. The van der Waals surface area contributed by atoms with Gasteiger partial charge in [-0.15, -0.1) is 10.2 Å². The summed E-state index contributed by atoms with van der Waals surface area (Å²) in [5, 5.41) is 14.0. The SMILES string of the molecule is COc1ccc(Nc2ccc(NC(=O)Cc3ccccc3)nn2)cc1OC. The van der Waals surface area contributed by atoms with Gasteiger partial charge < -0.3 is 20.1 Å². The fourth-order valence-electron chi connectivity index (χ4n) is 2.50. The number of ether oxygens (including phenoxy) is 2. The van der Waals surface area contributed by atoms with E-state index in [0.717, 1.165) is 11.3 Å². The molecule has 3 rings (SSSR count). The number of nitrogens with zero attached hydrogens (tertiary/aromatic N) is 2. The summed E-state index contributed by atoms with van der Waals surface area (Å²) in [5.41, 5.74) is 1.72. The van der Waals surface area contributed by atoms with Crippen molar-refractivity contribution in [2.45, 2.75) is 6.42 Å². The van der Waals surface area contributed by atoms with Gasteiger partial charge in [-0.1, -0.05) is 30.3 Å². The van der Waals surface area contributed by atoms with Crippen molar-refractivity contribution >= 4 is 23.2 Å². The lowest BCUT2D eigenvalue weighted by atomic mass is 10.1. The van der Waals surface area contributed by atoms with Crippen LogP contribution in [0.3, 0.4) is 0 Å². The number of rotatable bonds is 7. The lowest BCUT2D eigenvalue weighted by Gasteiger charge is -2.11. The average Bonchev–Trinajstić information content (AvgIpc) is 2.70. The summed E-state index contributed by atoms with van der Waals surface area (Å²) in [4.78, 5) is 12.1. The van der Waals surface area contributed by atoms with Gasteiger partial charge in [0.2, 0.25) is 5.91 Å². The summed E-state index contributed by atoms with van der Waals surface area (Å²) < 4.78 is 10.5. The molecule has 138 valence electrons. The molecule has 0 spiro atoms. The normalized spacial score (nSPS) is 10.1. The van der Waals surface area contributed by atoms with Crippen LogP contribution in [0.25, 0.3) is 0 Å². The molecule has 7 heteroatoms. The topological polar surface area (TPSA) is 85.4 Å². The van der Waals surface area contributed by atoms with Crippen LogP contribution in [0.15, 0.2) is 60.7 Å². The fourth-order valence-corrected chi connectivity index (χ4v) is 2.50. The van der Waals surface area contributed by atoms with Gasteiger partial charge in [-0.05, 0) is 29.8 Å². The highest BCUT2D eigenvalue weighted by atomic mass is 16.5. The number of carbonyl (C=O) groups is 1. The van der Waals surface area contributed by atoms with Crippen molar-refractivity contribution in [1.82, 2.24) is 10.2 Å². The van der Waals surface area contributed by atoms with Crippen molar-refractivity contribution in [2.24, 2.45) is 0 Å². The third kappa shape index (κ3) is 4.94. The molecule has 0 saturated carbocycles. The number of aromatic nitrogens is 2. The monoisotopic (exact) mass is 364 g/mol. The van der Waals surface area contributed by atoms with Gasteiger partial charge >= 0.3 is 0 Å². The molecule has 1 heterocycles. The molecule has 27 heavy (non-hydrogen) atoms. The second kappa shape index (κ2) is 8.66. The molecular weight excluding hydrogens is 344 g/mol. The van der Waals surface area contributed by atoms with Crippen molar-refractivity contribution in [3.8, 4) is 11.5 Å². The van der Waals surface area contributed by atoms with Crippen LogP contribution >= 0.6 is 0 Å². The highest BCUT2D eigenvalue weighted by Crippen LogP contribution is 2.30. The highest BCUT2D eigenvalue weighted by Gasteiger charge is 2.07. The van der Waals surface area contributed by atoms with Crippen LogP contribution in [0.4, 0.5) is 17.3 Å². The molecule has 2 N–H and O–H groups in total. The lowest BCUT2D eigenvalue weighted by Crippen LogP contribution is -2.15. The van der Waals surface area contributed by atoms with E-state index in [2.05, 4.69) is 20.8 Å². The number of hydrogen-bond donors (Lipinski definition) is 2. The lowest BCUT2D eigenvalue weighted by molar-refractivity contribution is -0.115. The molecule has 0 aliphatic heterocycles. The molecule has 7 nitrogen and oxygen atoms in total. The van der Waals surface area contributed by atoms with E-state index in [-0.39, 0.29) is 12.3 Å². The summed E-state index contributed by atoms with van der Waals surface area (Å²) in [6.45, 7) is 0. The first-order chi connectivity index (χ1) is 13.2. The van der Waals surface area contributed by atoms with Gasteiger partial charge in [-0.25, -0.2) is 0 Å². The molecule has 0 saturated heterocycles. The van der Waals surface area contributed by atoms with Crippen molar-refractivity contribution < 1.29 is 14.3 Å². The zero-order valence-corrected chi connectivity index (χ0v) is 15.1. The van der Waals surface area contributed by atoms with Gasteiger partial charge in [0, 0.05) is 11.8 Å². The summed E-state index contributed by atoms with van der Waals surface area (Å²) in [6, 6.07) is 18.4. The van der Waals surface area contributed by atoms with E-state index in [1.54, 1.807) is 38.5 Å². The maximum absolute atomic E-state index is 12.1. The van der Waals surface area contributed by atoms with E-state index in [1.165, 1.54) is 0 Å². The molecule has 0 radical (unpaired) electrons. The Hall–Kier alpha value is -3.61. The standard InChI is InChI=1S/C20H20N4O3/c1-26-16-9-8-15(13-17(16)27-2)21-18-10-11-19(24-23-18)22-20(25)12-14-6-4-3-5-7-14/h3-11,13H,12H2,1-2H3,(H,21,23)(H,22,24,25). The Balaban J connectivity index is 1.61. The Morgan fingerprint density at radius 3 is 2.26 bits per heavy atom. The Morgan fingerprint density at radius 1 is 0.889 bits per heavy atom. The average molecular weight is 364 g/mol. The minimum absolute atomic E-state index is 0.143. The number of anilines is 3. The van der Waals surface area contributed by atoms with Gasteiger partial charge in [0.05, 0.1) is 20.6 Å². The van der Waals surface area contributed by atoms with Gasteiger partial charge in [0.15, 0.2) is 23.1 Å². The first kappa shape index (κ1) is 18.2. The van der Waals surface area contributed by atoms with Crippen LogP contribution in [-0.2, 0) is 11.2 Å². The molecule has 0 fully saturated rings. The quantitative estimate of drug-likeness (QED) is 0.668. The van der Waals surface area contributed by atoms with Crippen LogP contribution < -0.4 is 20.1 Å². The fraction of sp³-hybridized carbons (Fsp3) is 0.150. The molecule has 2 aromatic carbocycles. The van der Waals surface area contributed by atoms with Crippen molar-refractivity contribution in [3.05, 3.63) is 66.2 Å². The minimum Gasteiger partial charge on any atom is -0.493 e. The number of carbonyl (C=O) groups excluding carboxylic acids is 1. The Labute approximate surface area is 157 Å². The van der Waals surface area contributed by atoms with Crippen molar-refractivity contribution in [2.75, 3.05) is 24.9 Å². The summed E-state index contributed by atoms with van der Waals surface area (Å²) >= 11 is 0. The maximum Gasteiger partial charge on any atom is 0.229 e. The van der Waals surface area contributed by atoms with E-state index >= 15 is 0 Å². The Morgan fingerprint density at radius 2 is 1.59 bits per heavy atom. The molecule has 0 bridgehead atoms. The molecule has 0 aliphatic carbocycles. The van der Waals surface area contributed by atoms with Crippen molar-refractivity contribution in [3.63, 3.8) is 0 Å². The molecule has 1 aromatic heterocycles. The number of hydrogen-bond acceptors (Lipinski definition) is 6. The summed E-state index contributed by atoms with van der Waals surface area (Å²) in [6.07, 6.45) is 0.286. The third-order valence-electron chi connectivity index (χ3n) is 3.80. The van der Waals surface area contributed by atoms with Gasteiger partial charge in [0.1, 0.15) is 0 Å². The molecule has 3 aromatic rings. The predicted octanol–water partition coefficient (Wildman–Crippen LogP) is 3.42. The van der Waals surface area contributed by atoms with E-state index in [4.69, 9.17) is 9.47 Å². The van der Waals surface area contributed by atoms with Crippen LogP contribution in [-0.4, -0.2) is 30.3 Å². The molecule has 1 amide bonds. The molecular formula is C20H20N4O3. The Bertz CT molecular complexity index is 899. The van der Waals surface area contributed by atoms with Gasteiger partial charge in [-0.2, -0.15) is 0 Å². The maximum atomic E-state index is 12.1. The van der Waals surface area contributed by atoms with E-state index in [9.17, 15) is 4.79 Å². The molecule has 0 atom stereocenters. The predicted molar refractivity (Wildman–Crippen MR) is 104 cm³/mol. The first-order valence-electron chi connectivity index (χ1n) is 8.34. The van der Waals surface area contributed by atoms with Crippen LogP contribution in [0.2, 0.25) is 0 Å². The number of nitrogens with one attached hydrogen (secondary N) is 2. The number of benzene rings is 2. The largest absolute Gasteiger partial charge is 0.493 e. The van der Waals surface area contributed by atoms with Gasteiger partial charge in [0.25, 0.3) is 0 Å². The second-order valence-corrected chi connectivity index (χ2v) is 5.71. The van der Waals surface area contributed by atoms with Crippen LogP contribution in [0.5, 0.6) is 11.5 Å². The first-order valence-corrected chi connectivity index (χ1v) is 8.34. The third-order valence-corrected chi connectivity index (χ3v) is 3.80. The van der Waals surface area contributed by atoms with E-state index in [1.807, 2.05) is 36.4 Å². The molecule has 0 unspecified atom stereocenters. The van der Waals surface area contributed by atoms with E-state index < -0.39 is 0 Å². The zero-order valence-electron chi connectivity index (χ0n) is 15.1. The van der Waals surface area contributed by atoms with Crippen LogP contribution in [0, 0.1) is 0 Å². The minimum atomic E-state index is -0.143. The second-order valence-electron chi connectivity index (χ2n) is 5.71. The highest BCUT2D eigenvalue weighted by molar-refractivity contribution is 5.91. The van der Waals surface area contributed by atoms with Gasteiger partial charge in [-0.3, -0.25) is 4.79 Å². The van der Waals surface area contributed by atoms with E-state index in [0.29, 0.717) is 23.1 Å². The summed E-state index contributed by atoms with van der Waals surface area (Å²) in [7, 11) is 3.16. The van der Waals surface area contributed by atoms with Crippen LogP contribution in [0.1, 0.15) is 5.56 Å². The summed E-state index contributed by atoms with van der Waals surface area (Å²) in [5.74, 6) is 2.05. The Kier molecular flexibility index (Phi) is 5.84. The van der Waals surface area contributed by atoms with Crippen molar-refractivity contribution in [1.29, 1.82) is 0 Å². The molecule has 0 aliphatic rings. The number of methoxy groups -OCH3 is 2. The number of amides is 1.